The minimum Gasteiger partial charge on any atom is -0.346 e. The summed E-state index contributed by atoms with van der Waals surface area (Å²) in [6, 6.07) is 4.26. The van der Waals surface area contributed by atoms with Gasteiger partial charge >= 0.3 is 0 Å². The Morgan fingerprint density at radius 1 is 1.36 bits per heavy atom. The van der Waals surface area contributed by atoms with Gasteiger partial charge in [-0.05, 0) is 18.2 Å². The number of alkyl halides is 2. The van der Waals surface area contributed by atoms with Crippen molar-refractivity contribution in [2.45, 2.75) is 19.8 Å². The Morgan fingerprint density at radius 3 is 2.55 bits per heavy atom. The molecule has 0 saturated heterocycles. The second-order valence-electron chi connectivity index (χ2n) is 5.08. The molecule has 0 fully saturated rings. The number of nitrogens with two attached hydrogens (primary N) is 1. The van der Waals surface area contributed by atoms with Crippen LogP contribution >= 0.6 is 11.6 Å². The molecule has 1 rings (SSSR count). The summed E-state index contributed by atoms with van der Waals surface area (Å²) >= 11 is 5.89. The molecule has 2 amide bonds. The number of carbonyl (C=O) groups is 2. The van der Waals surface area contributed by atoms with Gasteiger partial charge in [-0.15, -0.1) is 0 Å². The Balaban J connectivity index is 2.85. The highest BCUT2D eigenvalue weighted by molar-refractivity contribution is 6.34. The van der Waals surface area contributed by atoms with Crippen LogP contribution in [-0.2, 0) is 4.79 Å². The van der Waals surface area contributed by atoms with E-state index in [1.807, 2.05) is 0 Å². The molecule has 0 saturated carbocycles. The fourth-order valence-corrected chi connectivity index (χ4v) is 1.64. The number of hydrogen-bond donors (Lipinski definition) is 3. The van der Waals surface area contributed by atoms with Crippen molar-refractivity contribution in [3.63, 3.8) is 0 Å². The van der Waals surface area contributed by atoms with Crippen molar-refractivity contribution in [1.82, 2.24) is 5.32 Å². The molecule has 0 bridgehead atoms. The molecule has 8 heteroatoms. The van der Waals surface area contributed by atoms with Crippen LogP contribution in [0.5, 0.6) is 0 Å². The molecule has 0 aliphatic carbocycles. The first-order valence-electron chi connectivity index (χ1n) is 6.63. The van der Waals surface area contributed by atoms with E-state index in [1.54, 1.807) is 13.8 Å². The number of benzene rings is 1. The van der Waals surface area contributed by atoms with Crippen LogP contribution in [0.15, 0.2) is 18.2 Å². The highest BCUT2D eigenvalue weighted by Gasteiger charge is 2.27. The second kappa shape index (κ2) is 7.51. The summed E-state index contributed by atoms with van der Waals surface area (Å²) in [5.74, 6) is -4.43. The molecule has 0 aliphatic heterocycles. The lowest BCUT2D eigenvalue weighted by Crippen LogP contribution is -2.41. The number of anilines is 1. The van der Waals surface area contributed by atoms with E-state index in [0.717, 1.165) is 0 Å². The third-order valence-corrected chi connectivity index (χ3v) is 3.14. The number of carbonyl (C=O) groups excluding carboxylic acids is 2. The molecule has 1 aromatic carbocycles. The van der Waals surface area contributed by atoms with Crippen molar-refractivity contribution in [2.75, 3.05) is 18.4 Å². The van der Waals surface area contributed by atoms with E-state index in [2.05, 4.69) is 10.6 Å². The Labute approximate surface area is 132 Å². The van der Waals surface area contributed by atoms with Crippen LogP contribution in [-0.4, -0.2) is 30.8 Å². The van der Waals surface area contributed by atoms with E-state index in [9.17, 15) is 18.4 Å². The number of halogens is 3. The molecule has 0 spiro atoms. The summed E-state index contributed by atoms with van der Waals surface area (Å²) in [7, 11) is 0. The molecule has 0 aliphatic rings. The zero-order chi connectivity index (χ0) is 16.9. The number of rotatable bonds is 6. The number of nitrogens with one attached hydrogen (secondary N) is 2. The fourth-order valence-electron chi connectivity index (χ4n) is 1.44. The van der Waals surface area contributed by atoms with Gasteiger partial charge in [-0.1, -0.05) is 25.4 Å². The molecule has 4 N–H and O–H groups in total. The summed E-state index contributed by atoms with van der Waals surface area (Å²) in [6.07, 6.45) is 0. The summed E-state index contributed by atoms with van der Waals surface area (Å²) in [4.78, 5) is 23.5. The van der Waals surface area contributed by atoms with E-state index in [-0.39, 0.29) is 22.4 Å². The first kappa shape index (κ1) is 18.3. The van der Waals surface area contributed by atoms with Gasteiger partial charge in [0.25, 0.3) is 11.8 Å². The van der Waals surface area contributed by atoms with E-state index >= 15 is 0 Å². The molecular formula is C14H18ClF2N3O2. The molecule has 0 aromatic heterocycles. The SMILES string of the molecule is CC(C)C(=O)Nc1ccc(Cl)c(C(=O)NCC(F)(F)CN)c1. The summed E-state index contributed by atoms with van der Waals surface area (Å²) in [6.45, 7) is 1.67. The molecule has 0 radical (unpaired) electrons. The maximum atomic E-state index is 13.0. The topological polar surface area (TPSA) is 84.2 Å². The summed E-state index contributed by atoms with van der Waals surface area (Å²) in [5, 5.41) is 4.76. The maximum Gasteiger partial charge on any atom is 0.277 e. The monoisotopic (exact) mass is 333 g/mol. The molecule has 5 nitrogen and oxygen atoms in total. The largest absolute Gasteiger partial charge is 0.346 e. The Kier molecular flexibility index (Phi) is 6.25. The van der Waals surface area contributed by atoms with Gasteiger partial charge in [0.1, 0.15) is 0 Å². The van der Waals surface area contributed by atoms with Gasteiger partial charge in [0.2, 0.25) is 5.91 Å². The highest BCUT2D eigenvalue weighted by atomic mass is 35.5. The predicted octanol–water partition coefficient (Wildman–Crippen LogP) is 2.26. The fraction of sp³-hybridized carbons (Fsp3) is 0.429. The van der Waals surface area contributed by atoms with Crippen molar-refractivity contribution in [3.8, 4) is 0 Å². The van der Waals surface area contributed by atoms with Crippen LogP contribution < -0.4 is 16.4 Å². The van der Waals surface area contributed by atoms with Gasteiger partial charge < -0.3 is 16.4 Å². The number of amides is 2. The second-order valence-corrected chi connectivity index (χ2v) is 5.49. The normalized spacial score (nSPS) is 11.4. The lowest BCUT2D eigenvalue weighted by Gasteiger charge is -2.15. The highest BCUT2D eigenvalue weighted by Crippen LogP contribution is 2.21. The molecule has 122 valence electrons. The molecule has 0 heterocycles. The van der Waals surface area contributed by atoms with E-state index < -0.39 is 24.9 Å². The summed E-state index contributed by atoms with van der Waals surface area (Å²) < 4.78 is 26.1. The minimum atomic E-state index is -3.19. The van der Waals surface area contributed by atoms with Crippen molar-refractivity contribution >= 4 is 29.1 Å². The van der Waals surface area contributed by atoms with Crippen LogP contribution in [0.3, 0.4) is 0 Å². The van der Waals surface area contributed by atoms with Crippen molar-refractivity contribution < 1.29 is 18.4 Å². The summed E-state index contributed by atoms with van der Waals surface area (Å²) in [5.41, 5.74) is 5.25. The van der Waals surface area contributed by atoms with Gasteiger partial charge in [-0.25, -0.2) is 8.78 Å². The predicted molar refractivity (Wildman–Crippen MR) is 81.3 cm³/mol. The van der Waals surface area contributed by atoms with Crippen molar-refractivity contribution in [1.29, 1.82) is 0 Å². The van der Waals surface area contributed by atoms with Gasteiger partial charge in [-0.3, -0.25) is 9.59 Å². The third-order valence-electron chi connectivity index (χ3n) is 2.81. The molecule has 0 atom stereocenters. The van der Waals surface area contributed by atoms with Crippen molar-refractivity contribution in [3.05, 3.63) is 28.8 Å². The average Bonchev–Trinajstić information content (AvgIpc) is 2.46. The maximum absolute atomic E-state index is 13.0. The van der Waals surface area contributed by atoms with Crippen LogP contribution in [0.25, 0.3) is 0 Å². The van der Waals surface area contributed by atoms with E-state index in [0.29, 0.717) is 5.69 Å². The van der Waals surface area contributed by atoms with Gasteiger partial charge in [0, 0.05) is 11.6 Å². The Bertz CT molecular complexity index is 565. The van der Waals surface area contributed by atoms with Gasteiger partial charge in [0.05, 0.1) is 23.7 Å². The van der Waals surface area contributed by atoms with E-state index in [4.69, 9.17) is 17.3 Å². The van der Waals surface area contributed by atoms with Crippen LogP contribution in [0.1, 0.15) is 24.2 Å². The molecule has 22 heavy (non-hydrogen) atoms. The van der Waals surface area contributed by atoms with Crippen LogP contribution in [0, 0.1) is 5.92 Å². The molecule has 0 unspecified atom stereocenters. The molecule has 1 aromatic rings. The standard InChI is InChI=1S/C14H18ClF2N3O2/c1-8(2)12(21)20-9-3-4-11(15)10(5-9)13(22)19-7-14(16,17)6-18/h3-5,8H,6-7,18H2,1-2H3,(H,19,22)(H,20,21). The van der Waals surface area contributed by atoms with Gasteiger partial charge in [-0.2, -0.15) is 0 Å². The van der Waals surface area contributed by atoms with Crippen LogP contribution in [0.2, 0.25) is 5.02 Å². The number of hydrogen-bond acceptors (Lipinski definition) is 3. The van der Waals surface area contributed by atoms with Gasteiger partial charge in [0.15, 0.2) is 0 Å². The lowest BCUT2D eigenvalue weighted by molar-refractivity contribution is -0.118. The quantitative estimate of drug-likeness (QED) is 0.746. The Morgan fingerprint density at radius 2 is 2.00 bits per heavy atom. The first-order valence-corrected chi connectivity index (χ1v) is 7.00. The van der Waals surface area contributed by atoms with Crippen LogP contribution in [0.4, 0.5) is 14.5 Å². The average molecular weight is 334 g/mol. The first-order chi connectivity index (χ1) is 10.2. The Hall–Kier alpha value is -1.73. The zero-order valence-electron chi connectivity index (χ0n) is 12.3. The smallest absolute Gasteiger partial charge is 0.277 e. The lowest BCUT2D eigenvalue weighted by atomic mass is 10.1. The third kappa shape index (κ3) is 5.23. The zero-order valence-corrected chi connectivity index (χ0v) is 13.0. The van der Waals surface area contributed by atoms with Crippen molar-refractivity contribution in [2.24, 2.45) is 11.7 Å². The molecular weight excluding hydrogens is 316 g/mol. The minimum absolute atomic E-state index is 0.00366. The van der Waals surface area contributed by atoms with E-state index in [1.165, 1.54) is 18.2 Å².